The van der Waals surface area contributed by atoms with E-state index in [1.807, 2.05) is 0 Å². The fourth-order valence-corrected chi connectivity index (χ4v) is 1.94. The zero-order valence-corrected chi connectivity index (χ0v) is 10.9. The van der Waals surface area contributed by atoms with E-state index in [0.717, 1.165) is 0 Å². The van der Waals surface area contributed by atoms with Gasteiger partial charge in [-0.1, -0.05) is 11.6 Å². The van der Waals surface area contributed by atoms with Gasteiger partial charge >= 0.3 is 0 Å². The number of rotatable bonds is 6. The standard InChI is InChI=1S/C10H13ClN2O3S/c1-17(16)5-4-12-7-8-6-9(11)2-3-10(8)13(14)15/h2-3,6,12H,4-5,7H2,1H3/t17-/m0/s1. The summed E-state index contributed by atoms with van der Waals surface area (Å²) < 4.78 is 10.8. The molecule has 1 aromatic rings. The molecule has 1 aromatic carbocycles. The predicted octanol–water partition coefficient (Wildman–Crippen LogP) is 1.72. The highest BCUT2D eigenvalue weighted by molar-refractivity contribution is 7.84. The van der Waals surface area contributed by atoms with Crippen LogP contribution in [0.4, 0.5) is 5.69 Å². The van der Waals surface area contributed by atoms with Gasteiger partial charge in [-0.3, -0.25) is 14.3 Å². The van der Waals surface area contributed by atoms with Gasteiger partial charge in [0.25, 0.3) is 5.69 Å². The molecule has 94 valence electrons. The summed E-state index contributed by atoms with van der Waals surface area (Å²) in [6.45, 7) is 0.890. The van der Waals surface area contributed by atoms with Crippen LogP contribution in [-0.2, 0) is 17.3 Å². The Bertz CT molecular complexity index is 440. The first kappa shape index (κ1) is 14.1. The van der Waals surface area contributed by atoms with E-state index < -0.39 is 15.7 Å². The third kappa shape index (κ3) is 4.80. The van der Waals surface area contributed by atoms with E-state index in [4.69, 9.17) is 11.6 Å². The van der Waals surface area contributed by atoms with Crippen molar-refractivity contribution >= 4 is 28.1 Å². The van der Waals surface area contributed by atoms with Gasteiger partial charge in [0.05, 0.1) is 4.92 Å². The molecule has 1 atom stereocenters. The van der Waals surface area contributed by atoms with E-state index in [1.54, 1.807) is 12.3 Å². The highest BCUT2D eigenvalue weighted by Crippen LogP contribution is 2.22. The molecule has 0 saturated heterocycles. The number of nitrogens with one attached hydrogen (secondary N) is 1. The number of benzene rings is 1. The Balaban J connectivity index is 2.65. The molecule has 0 radical (unpaired) electrons. The van der Waals surface area contributed by atoms with Crippen molar-refractivity contribution in [3.63, 3.8) is 0 Å². The minimum Gasteiger partial charge on any atom is -0.311 e. The molecule has 0 saturated carbocycles. The van der Waals surface area contributed by atoms with Crippen LogP contribution in [0.15, 0.2) is 18.2 Å². The molecule has 0 fully saturated rings. The number of hydrogen-bond acceptors (Lipinski definition) is 4. The molecule has 0 aliphatic heterocycles. The first-order valence-corrected chi connectivity index (χ1v) is 7.05. The van der Waals surface area contributed by atoms with Gasteiger partial charge in [0, 0.05) is 52.6 Å². The Hall–Kier alpha value is -0.980. The maximum Gasteiger partial charge on any atom is 0.273 e. The van der Waals surface area contributed by atoms with Gasteiger partial charge in [-0.2, -0.15) is 0 Å². The molecule has 7 heteroatoms. The lowest BCUT2D eigenvalue weighted by Gasteiger charge is -2.05. The molecule has 5 nitrogen and oxygen atoms in total. The summed E-state index contributed by atoms with van der Waals surface area (Å²) in [6, 6.07) is 4.44. The van der Waals surface area contributed by atoms with E-state index in [1.165, 1.54) is 12.1 Å². The Morgan fingerprint density at radius 2 is 2.24 bits per heavy atom. The van der Waals surface area contributed by atoms with Crippen LogP contribution in [0, 0.1) is 10.1 Å². The monoisotopic (exact) mass is 276 g/mol. The summed E-state index contributed by atoms with van der Waals surface area (Å²) in [5, 5.41) is 14.2. The summed E-state index contributed by atoms with van der Waals surface area (Å²) in [5.41, 5.74) is 0.573. The van der Waals surface area contributed by atoms with Crippen LogP contribution in [0.1, 0.15) is 5.56 Å². The molecule has 0 bridgehead atoms. The van der Waals surface area contributed by atoms with Crippen molar-refractivity contribution in [3.05, 3.63) is 38.9 Å². The van der Waals surface area contributed by atoms with Crippen LogP contribution in [0.2, 0.25) is 5.02 Å². The minimum absolute atomic E-state index is 0.0412. The third-order valence-corrected chi connectivity index (χ3v) is 3.13. The molecule has 0 aliphatic carbocycles. The SMILES string of the molecule is C[S@](=O)CCNCc1cc(Cl)ccc1[N+](=O)[O-]. The van der Waals surface area contributed by atoms with E-state index in [-0.39, 0.29) is 5.69 Å². The lowest BCUT2D eigenvalue weighted by molar-refractivity contribution is -0.385. The van der Waals surface area contributed by atoms with Crippen molar-refractivity contribution in [2.45, 2.75) is 6.54 Å². The summed E-state index contributed by atoms with van der Waals surface area (Å²) in [5.74, 6) is 0.522. The molecule has 0 unspecified atom stereocenters. The van der Waals surface area contributed by atoms with Crippen molar-refractivity contribution in [2.24, 2.45) is 0 Å². The van der Waals surface area contributed by atoms with Crippen LogP contribution >= 0.6 is 11.6 Å². The highest BCUT2D eigenvalue weighted by atomic mass is 35.5. The lowest BCUT2D eigenvalue weighted by Crippen LogP contribution is -2.20. The maximum atomic E-state index is 10.8. The van der Waals surface area contributed by atoms with Crippen LogP contribution in [0.5, 0.6) is 0 Å². The van der Waals surface area contributed by atoms with Crippen LogP contribution in [0.25, 0.3) is 0 Å². The Morgan fingerprint density at radius 1 is 1.53 bits per heavy atom. The van der Waals surface area contributed by atoms with Crippen molar-refractivity contribution in [3.8, 4) is 0 Å². The summed E-state index contributed by atoms with van der Waals surface area (Å²) in [6.07, 6.45) is 1.61. The quantitative estimate of drug-likeness (QED) is 0.488. The topological polar surface area (TPSA) is 72.2 Å². The second-order valence-electron chi connectivity index (χ2n) is 3.48. The van der Waals surface area contributed by atoms with Crippen LogP contribution in [0.3, 0.4) is 0 Å². The highest BCUT2D eigenvalue weighted by Gasteiger charge is 2.13. The van der Waals surface area contributed by atoms with Gasteiger partial charge in [-0.25, -0.2) is 0 Å². The van der Waals surface area contributed by atoms with Gasteiger partial charge in [0.15, 0.2) is 0 Å². The van der Waals surface area contributed by atoms with Crippen molar-refractivity contribution in [2.75, 3.05) is 18.6 Å². The number of hydrogen-bond donors (Lipinski definition) is 1. The van der Waals surface area contributed by atoms with Crippen LogP contribution < -0.4 is 5.32 Å². The van der Waals surface area contributed by atoms with E-state index in [0.29, 0.717) is 29.4 Å². The smallest absolute Gasteiger partial charge is 0.273 e. The molecule has 0 heterocycles. The molecular weight excluding hydrogens is 264 g/mol. The van der Waals surface area contributed by atoms with Gasteiger partial charge in [0.2, 0.25) is 0 Å². The first-order valence-electron chi connectivity index (χ1n) is 4.94. The normalized spacial score (nSPS) is 12.4. The predicted molar refractivity (Wildman–Crippen MR) is 68.7 cm³/mol. The Kier molecular flexibility index (Phi) is 5.54. The van der Waals surface area contributed by atoms with E-state index in [2.05, 4.69) is 5.32 Å². The fourth-order valence-electron chi connectivity index (χ4n) is 1.31. The number of halogens is 1. The maximum absolute atomic E-state index is 10.8. The van der Waals surface area contributed by atoms with Crippen molar-refractivity contribution in [1.29, 1.82) is 0 Å². The summed E-state index contributed by atoms with van der Waals surface area (Å²) in [4.78, 5) is 10.3. The number of nitro groups is 1. The first-order chi connectivity index (χ1) is 8.00. The zero-order valence-electron chi connectivity index (χ0n) is 9.31. The zero-order chi connectivity index (χ0) is 12.8. The fraction of sp³-hybridized carbons (Fsp3) is 0.400. The molecule has 0 aliphatic rings. The molecular formula is C10H13ClN2O3S. The van der Waals surface area contributed by atoms with Gasteiger partial charge < -0.3 is 5.32 Å². The lowest BCUT2D eigenvalue weighted by atomic mass is 10.2. The van der Waals surface area contributed by atoms with Crippen molar-refractivity contribution in [1.82, 2.24) is 5.32 Å². The Morgan fingerprint density at radius 3 is 2.82 bits per heavy atom. The molecule has 0 spiro atoms. The Labute approximate surface area is 107 Å². The molecule has 1 rings (SSSR count). The van der Waals surface area contributed by atoms with E-state index in [9.17, 15) is 14.3 Å². The van der Waals surface area contributed by atoms with Gasteiger partial charge in [-0.05, 0) is 12.1 Å². The average molecular weight is 277 g/mol. The molecule has 1 N–H and O–H groups in total. The molecule has 17 heavy (non-hydrogen) atoms. The number of nitro benzene ring substituents is 1. The van der Waals surface area contributed by atoms with E-state index >= 15 is 0 Å². The molecule has 0 amide bonds. The minimum atomic E-state index is -0.864. The second kappa shape index (κ2) is 6.68. The molecule has 0 aromatic heterocycles. The largest absolute Gasteiger partial charge is 0.311 e. The van der Waals surface area contributed by atoms with Gasteiger partial charge in [0.1, 0.15) is 0 Å². The van der Waals surface area contributed by atoms with Crippen LogP contribution in [-0.4, -0.2) is 27.7 Å². The average Bonchev–Trinajstić information content (AvgIpc) is 2.23. The second-order valence-corrected chi connectivity index (χ2v) is 5.48. The summed E-state index contributed by atoms with van der Waals surface area (Å²) in [7, 11) is -0.864. The van der Waals surface area contributed by atoms with Gasteiger partial charge in [-0.15, -0.1) is 0 Å². The van der Waals surface area contributed by atoms with Crippen molar-refractivity contribution < 1.29 is 9.13 Å². The summed E-state index contributed by atoms with van der Waals surface area (Å²) >= 11 is 5.79. The third-order valence-electron chi connectivity index (χ3n) is 2.12. The number of nitrogens with zero attached hydrogens (tertiary/aromatic N) is 1.